The van der Waals surface area contributed by atoms with Crippen molar-refractivity contribution in [3.8, 4) is 23.0 Å². The van der Waals surface area contributed by atoms with Crippen molar-refractivity contribution in [3.63, 3.8) is 0 Å². The number of rotatable bonds is 5. The van der Waals surface area contributed by atoms with Crippen molar-refractivity contribution in [2.75, 3.05) is 5.32 Å². The summed E-state index contributed by atoms with van der Waals surface area (Å²) in [4.78, 5) is 8.23. The van der Waals surface area contributed by atoms with E-state index >= 15 is 8.78 Å². The van der Waals surface area contributed by atoms with Crippen LogP contribution in [0.25, 0.3) is 16.9 Å². The van der Waals surface area contributed by atoms with Crippen molar-refractivity contribution in [2.45, 2.75) is 59.9 Å². The van der Waals surface area contributed by atoms with Crippen molar-refractivity contribution < 1.29 is 8.78 Å². The van der Waals surface area contributed by atoms with Crippen LogP contribution in [0.3, 0.4) is 0 Å². The first kappa shape index (κ1) is 23.0. The number of nitrogens with one attached hydrogen (secondary N) is 1. The highest BCUT2D eigenvalue weighted by Crippen LogP contribution is 2.39. The van der Waals surface area contributed by atoms with Crippen LogP contribution in [-0.2, 0) is 0 Å². The number of hydrogen-bond acceptors (Lipinski definition) is 4. The average Bonchev–Trinajstić information content (AvgIpc) is 3.14. The zero-order chi connectivity index (χ0) is 22.8. The largest absolute Gasteiger partial charge is 0.366 e. The molecular formula is C23H26ClF2N5. The van der Waals surface area contributed by atoms with Gasteiger partial charge in [0, 0.05) is 18.0 Å². The summed E-state index contributed by atoms with van der Waals surface area (Å²) in [6.45, 7) is 10.2. The summed E-state index contributed by atoms with van der Waals surface area (Å²) >= 11 is 6.41. The zero-order valence-corrected chi connectivity index (χ0v) is 19.1. The second kappa shape index (κ2) is 9.19. The van der Waals surface area contributed by atoms with E-state index < -0.39 is 11.6 Å². The van der Waals surface area contributed by atoms with Gasteiger partial charge in [-0.1, -0.05) is 57.6 Å². The SMILES string of the molecule is CCCCC#Cc1cc(F)c(-c2c(Cl)nc3ncnn3c2N[C@H](C)C(C)(C)C)c(F)c1. The van der Waals surface area contributed by atoms with Crippen LogP contribution in [0.4, 0.5) is 14.6 Å². The molecule has 5 nitrogen and oxygen atoms in total. The second-order valence-corrected chi connectivity index (χ2v) is 8.91. The molecule has 0 spiro atoms. The minimum atomic E-state index is -0.769. The summed E-state index contributed by atoms with van der Waals surface area (Å²) in [6.07, 6.45) is 3.95. The van der Waals surface area contributed by atoms with Crippen LogP contribution in [0.1, 0.15) is 59.4 Å². The van der Waals surface area contributed by atoms with Gasteiger partial charge in [0.1, 0.15) is 28.9 Å². The number of fused-ring (bicyclic) bond motifs is 1. The Labute approximate surface area is 186 Å². The number of benzene rings is 1. The van der Waals surface area contributed by atoms with Gasteiger partial charge in [0.25, 0.3) is 5.78 Å². The lowest BCUT2D eigenvalue weighted by atomic mass is 9.88. The summed E-state index contributed by atoms with van der Waals surface area (Å²) in [7, 11) is 0. The summed E-state index contributed by atoms with van der Waals surface area (Å²) in [5.74, 6) is 4.79. The van der Waals surface area contributed by atoms with E-state index in [0.29, 0.717) is 12.2 Å². The average molecular weight is 446 g/mol. The molecular weight excluding hydrogens is 420 g/mol. The van der Waals surface area contributed by atoms with Crippen LogP contribution in [0.5, 0.6) is 0 Å². The van der Waals surface area contributed by atoms with E-state index in [0.717, 1.165) is 12.8 Å². The Balaban J connectivity index is 2.17. The van der Waals surface area contributed by atoms with E-state index in [9.17, 15) is 0 Å². The van der Waals surface area contributed by atoms with Gasteiger partial charge in [-0.05, 0) is 30.9 Å². The molecule has 31 heavy (non-hydrogen) atoms. The van der Waals surface area contributed by atoms with Crippen molar-refractivity contribution in [3.05, 3.63) is 40.8 Å². The van der Waals surface area contributed by atoms with Crippen molar-refractivity contribution in [1.82, 2.24) is 19.6 Å². The highest BCUT2D eigenvalue weighted by Gasteiger charge is 2.27. The van der Waals surface area contributed by atoms with E-state index in [1.54, 1.807) is 0 Å². The minimum Gasteiger partial charge on any atom is -0.366 e. The first-order chi connectivity index (χ1) is 14.6. The molecule has 3 aromatic rings. The lowest BCUT2D eigenvalue weighted by Gasteiger charge is -2.30. The predicted molar refractivity (Wildman–Crippen MR) is 120 cm³/mol. The van der Waals surface area contributed by atoms with Gasteiger partial charge in [-0.3, -0.25) is 0 Å². The number of nitrogens with zero attached hydrogens (tertiary/aromatic N) is 4. The van der Waals surface area contributed by atoms with E-state index in [1.165, 1.54) is 23.0 Å². The first-order valence-corrected chi connectivity index (χ1v) is 10.6. The minimum absolute atomic E-state index is 0.0660. The van der Waals surface area contributed by atoms with Gasteiger partial charge in [-0.15, -0.1) is 0 Å². The fraction of sp³-hybridized carbons (Fsp3) is 0.435. The Bertz CT molecular complexity index is 1130. The molecule has 164 valence electrons. The van der Waals surface area contributed by atoms with Gasteiger partial charge in [-0.25, -0.2) is 8.78 Å². The Morgan fingerprint density at radius 2 is 1.87 bits per heavy atom. The summed E-state index contributed by atoms with van der Waals surface area (Å²) in [5, 5.41) is 7.42. The van der Waals surface area contributed by atoms with Gasteiger partial charge >= 0.3 is 0 Å². The quantitative estimate of drug-likeness (QED) is 0.292. The smallest absolute Gasteiger partial charge is 0.255 e. The number of aromatic nitrogens is 4. The van der Waals surface area contributed by atoms with E-state index in [2.05, 4.69) is 59.9 Å². The Hall–Kier alpha value is -2.72. The Morgan fingerprint density at radius 3 is 2.48 bits per heavy atom. The monoisotopic (exact) mass is 445 g/mol. The van der Waals surface area contributed by atoms with Crippen LogP contribution in [-0.4, -0.2) is 25.6 Å². The molecule has 0 radical (unpaired) electrons. The molecule has 8 heteroatoms. The number of anilines is 1. The molecule has 2 aromatic heterocycles. The van der Waals surface area contributed by atoms with Gasteiger partial charge in [0.05, 0.1) is 11.1 Å². The standard InChI is InChI=1S/C23H26ClF2N5/c1-6-7-8-9-10-15-11-16(25)18(17(26)12-15)19-20(24)30-22-27-13-28-31(22)21(19)29-14(2)23(3,4)5/h11-14,29H,6-8H2,1-5H3/t14-/m1/s1. The van der Waals surface area contributed by atoms with Crippen molar-refractivity contribution >= 4 is 23.2 Å². The molecule has 1 N–H and O–H groups in total. The fourth-order valence-electron chi connectivity index (χ4n) is 2.91. The third-order valence-electron chi connectivity index (χ3n) is 5.22. The number of hydrogen-bond donors (Lipinski definition) is 1. The zero-order valence-electron chi connectivity index (χ0n) is 18.4. The predicted octanol–water partition coefficient (Wildman–Crippen LogP) is 6.11. The molecule has 0 aliphatic carbocycles. The molecule has 0 amide bonds. The van der Waals surface area contributed by atoms with Crippen LogP contribution >= 0.6 is 11.6 Å². The van der Waals surface area contributed by atoms with Crippen molar-refractivity contribution in [1.29, 1.82) is 0 Å². The Morgan fingerprint density at radius 1 is 1.19 bits per heavy atom. The molecule has 0 aliphatic heterocycles. The lowest BCUT2D eigenvalue weighted by Crippen LogP contribution is -2.32. The van der Waals surface area contributed by atoms with Gasteiger partial charge in [-0.2, -0.15) is 19.6 Å². The molecule has 0 bridgehead atoms. The van der Waals surface area contributed by atoms with E-state index in [-0.39, 0.29) is 39.1 Å². The van der Waals surface area contributed by atoms with Gasteiger partial charge in [0.2, 0.25) is 0 Å². The number of halogens is 3. The lowest BCUT2D eigenvalue weighted by molar-refractivity contribution is 0.358. The summed E-state index contributed by atoms with van der Waals surface area (Å²) < 4.78 is 31.7. The first-order valence-electron chi connectivity index (χ1n) is 10.3. The maximum absolute atomic E-state index is 15.2. The van der Waals surface area contributed by atoms with Crippen LogP contribution in [0.2, 0.25) is 5.15 Å². The summed E-state index contributed by atoms with van der Waals surface area (Å²) in [6, 6.07) is 2.36. The van der Waals surface area contributed by atoms with Crippen LogP contribution < -0.4 is 5.32 Å². The molecule has 0 fully saturated rings. The molecule has 2 heterocycles. The second-order valence-electron chi connectivity index (χ2n) is 8.55. The topological polar surface area (TPSA) is 55.1 Å². The van der Waals surface area contributed by atoms with Gasteiger partial charge < -0.3 is 5.32 Å². The van der Waals surface area contributed by atoms with Gasteiger partial charge in [0.15, 0.2) is 0 Å². The molecule has 3 rings (SSSR count). The third kappa shape index (κ3) is 4.96. The van der Waals surface area contributed by atoms with E-state index in [4.69, 9.17) is 11.6 Å². The maximum Gasteiger partial charge on any atom is 0.255 e. The molecule has 1 aromatic carbocycles. The summed E-state index contributed by atoms with van der Waals surface area (Å²) in [5.41, 5.74) is -0.0539. The number of unbranched alkanes of at least 4 members (excludes halogenated alkanes) is 2. The van der Waals surface area contributed by atoms with Crippen LogP contribution in [0, 0.1) is 28.9 Å². The van der Waals surface area contributed by atoms with Crippen LogP contribution in [0.15, 0.2) is 18.5 Å². The highest BCUT2D eigenvalue weighted by molar-refractivity contribution is 6.33. The molecule has 0 saturated heterocycles. The Kier molecular flexibility index (Phi) is 6.80. The normalized spacial score (nSPS) is 12.5. The molecule has 0 saturated carbocycles. The van der Waals surface area contributed by atoms with Crippen molar-refractivity contribution in [2.24, 2.45) is 5.41 Å². The third-order valence-corrected chi connectivity index (χ3v) is 5.49. The molecule has 1 atom stereocenters. The highest BCUT2D eigenvalue weighted by atomic mass is 35.5. The molecule has 0 unspecified atom stereocenters. The van der Waals surface area contributed by atoms with E-state index in [1.807, 2.05) is 6.92 Å². The maximum atomic E-state index is 15.2. The molecule has 0 aliphatic rings. The fourth-order valence-corrected chi connectivity index (χ4v) is 3.17.